The number of rotatable bonds is 2. The van der Waals surface area contributed by atoms with Crippen molar-refractivity contribution in [3.8, 4) is 6.07 Å². The predicted octanol–water partition coefficient (Wildman–Crippen LogP) is 2.00. The lowest BCUT2D eigenvalue weighted by Gasteiger charge is -2.02. The normalized spacial score (nSPS) is 10.8. The van der Waals surface area contributed by atoms with Crippen molar-refractivity contribution in [3.05, 3.63) is 31.4 Å². The van der Waals surface area contributed by atoms with Gasteiger partial charge in [0.05, 0.1) is 4.92 Å². The van der Waals surface area contributed by atoms with E-state index >= 15 is 0 Å². The van der Waals surface area contributed by atoms with E-state index in [-0.39, 0.29) is 14.0 Å². The van der Waals surface area contributed by atoms with Crippen LogP contribution >= 0.6 is 33.3 Å². The zero-order valence-corrected chi connectivity index (χ0v) is 11.1. The van der Waals surface area contributed by atoms with Crippen LogP contribution in [0.3, 0.4) is 0 Å². The Labute approximate surface area is 109 Å². The number of nitriles is 1. The SMILES string of the molecule is N#Cc1ccc(S(=O)(=O)Cl)c(I)c1[N+](=O)[O-]. The number of hydrogen-bond acceptors (Lipinski definition) is 5. The maximum atomic E-state index is 11.1. The molecule has 0 aliphatic rings. The van der Waals surface area contributed by atoms with Crippen LogP contribution in [0.1, 0.15) is 5.56 Å². The van der Waals surface area contributed by atoms with Crippen LogP contribution in [0.4, 0.5) is 5.69 Å². The number of nitrogens with zero attached hydrogens (tertiary/aromatic N) is 2. The molecule has 6 nitrogen and oxygen atoms in total. The Bertz CT molecular complexity index is 608. The van der Waals surface area contributed by atoms with E-state index in [1.54, 1.807) is 6.07 Å². The Kier molecular flexibility index (Phi) is 3.72. The van der Waals surface area contributed by atoms with E-state index in [1.165, 1.54) is 22.6 Å². The van der Waals surface area contributed by atoms with Gasteiger partial charge in [-0.05, 0) is 34.7 Å². The van der Waals surface area contributed by atoms with E-state index in [4.69, 9.17) is 15.9 Å². The lowest BCUT2D eigenvalue weighted by molar-refractivity contribution is -0.386. The van der Waals surface area contributed by atoms with Crippen molar-refractivity contribution in [2.24, 2.45) is 0 Å². The van der Waals surface area contributed by atoms with Crippen LogP contribution in [0, 0.1) is 25.0 Å². The summed E-state index contributed by atoms with van der Waals surface area (Å²) in [5.74, 6) is 0. The average molecular weight is 373 g/mol. The van der Waals surface area contributed by atoms with Crippen LogP contribution in [0.25, 0.3) is 0 Å². The lowest BCUT2D eigenvalue weighted by Crippen LogP contribution is -2.01. The first kappa shape index (κ1) is 13.1. The van der Waals surface area contributed by atoms with E-state index in [2.05, 4.69) is 0 Å². The van der Waals surface area contributed by atoms with E-state index < -0.39 is 19.7 Å². The van der Waals surface area contributed by atoms with Crippen LogP contribution in [-0.2, 0) is 9.05 Å². The molecule has 0 atom stereocenters. The van der Waals surface area contributed by atoms with Crippen molar-refractivity contribution in [1.29, 1.82) is 5.26 Å². The molecule has 0 saturated heterocycles. The highest BCUT2D eigenvalue weighted by atomic mass is 127. The molecule has 0 aliphatic carbocycles. The van der Waals surface area contributed by atoms with Gasteiger partial charge in [0, 0.05) is 10.7 Å². The first-order valence-corrected chi connectivity index (χ1v) is 6.99. The highest BCUT2D eigenvalue weighted by molar-refractivity contribution is 14.1. The van der Waals surface area contributed by atoms with Crippen molar-refractivity contribution < 1.29 is 13.3 Å². The molecule has 9 heteroatoms. The first-order valence-electron chi connectivity index (χ1n) is 3.60. The van der Waals surface area contributed by atoms with E-state index in [1.807, 2.05) is 0 Å². The Morgan fingerprint density at radius 1 is 1.50 bits per heavy atom. The fraction of sp³-hybridized carbons (Fsp3) is 0. The number of hydrogen-bond donors (Lipinski definition) is 0. The van der Waals surface area contributed by atoms with E-state index in [0.717, 1.165) is 12.1 Å². The van der Waals surface area contributed by atoms with Crippen molar-refractivity contribution >= 4 is 48.0 Å². The number of benzene rings is 1. The van der Waals surface area contributed by atoms with Crippen molar-refractivity contribution in [2.75, 3.05) is 0 Å². The molecule has 0 unspecified atom stereocenters. The molecule has 0 N–H and O–H groups in total. The standard InChI is InChI=1S/C7H2ClIN2O4S/c8-16(14,15)5-2-1-4(3-10)7(6(5)9)11(12)13/h1-2H. The Balaban J connectivity index is 3.72. The molecule has 16 heavy (non-hydrogen) atoms. The Hall–Kier alpha value is -0.920. The quantitative estimate of drug-likeness (QED) is 0.342. The highest BCUT2D eigenvalue weighted by Gasteiger charge is 2.26. The summed E-state index contributed by atoms with van der Waals surface area (Å²) in [5, 5.41) is 19.3. The maximum Gasteiger partial charge on any atom is 0.301 e. The summed E-state index contributed by atoms with van der Waals surface area (Å²) in [7, 11) is 1.03. The monoisotopic (exact) mass is 372 g/mol. The molecular weight excluding hydrogens is 371 g/mol. The number of halogens is 2. The molecule has 0 saturated carbocycles. The van der Waals surface area contributed by atoms with Gasteiger partial charge in [-0.25, -0.2) is 8.42 Å². The zero-order chi connectivity index (χ0) is 12.5. The van der Waals surface area contributed by atoms with Gasteiger partial charge in [0.1, 0.15) is 20.1 Å². The van der Waals surface area contributed by atoms with Gasteiger partial charge in [0.15, 0.2) is 0 Å². The summed E-state index contributed by atoms with van der Waals surface area (Å²) in [6.45, 7) is 0. The fourth-order valence-corrected chi connectivity index (χ4v) is 3.86. The summed E-state index contributed by atoms with van der Waals surface area (Å²) in [5.41, 5.74) is -0.761. The van der Waals surface area contributed by atoms with Crippen LogP contribution < -0.4 is 0 Å². The lowest BCUT2D eigenvalue weighted by atomic mass is 10.2. The zero-order valence-electron chi connectivity index (χ0n) is 7.35. The second kappa shape index (κ2) is 4.52. The molecule has 1 rings (SSSR count). The molecule has 0 amide bonds. The summed E-state index contributed by atoms with van der Waals surface area (Å²) >= 11 is 1.47. The molecule has 1 aromatic carbocycles. The predicted molar refractivity (Wildman–Crippen MR) is 63.6 cm³/mol. The molecule has 0 fully saturated rings. The first-order chi connectivity index (χ1) is 7.29. The third kappa shape index (κ3) is 2.42. The van der Waals surface area contributed by atoms with Gasteiger partial charge < -0.3 is 0 Å². The van der Waals surface area contributed by atoms with Crippen molar-refractivity contribution in [3.63, 3.8) is 0 Å². The smallest absolute Gasteiger partial charge is 0.258 e. The minimum absolute atomic E-state index is 0.170. The van der Waals surface area contributed by atoms with Gasteiger partial charge in [-0.15, -0.1) is 0 Å². The van der Waals surface area contributed by atoms with Gasteiger partial charge in [-0.2, -0.15) is 5.26 Å². The minimum Gasteiger partial charge on any atom is -0.258 e. The molecule has 0 bridgehead atoms. The van der Waals surface area contributed by atoms with Crippen LogP contribution in [-0.4, -0.2) is 13.3 Å². The average Bonchev–Trinajstić information content (AvgIpc) is 2.14. The molecule has 0 aromatic heterocycles. The van der Waals surface area contributed by atoms with Crippen LogP contribution in [0.15, 0.2) is 17.0 Å². The van der Waals surface area contributed by atoms with Gasteiger partial charge in [0.25, 0.3) is 9.05 Å². The molecule has 0 radical (unpaired) electrons. The summed E-state index contributed by atoms with van der Waals surface area (Å²) in [6.07, 6.45) is 0. The molecule has 1 aromatic rings. The molecule has 0 heterocycles. The summed E-state index contributed by atoms with van der Waals surface area (Å²) < 4.78 is 22.0. The third-order valence-electron chi connectivity index (χ3n) is 1.65. The minimum atomic E-state index is -4.06. The fourth-order valence-electron chi connectivity index (χ4n) is 1.00. The van der Waals surface area contributed by atoms with Gasteiger partial charge in [0.2, 0.25) is 0 Å². The van der Waals surface area contributed by atoms with E-state index in [9.17, 15) is 18.5 Å². The number of nitro groups is 1. The highest BCUT2D eigenvalue weighted by Crippen LogP contribution is 2.32. The third-order valence-corrected chi connectivity index (χ3v) is 4.47. The second-order valence-corrected chi connectivity index (χ2v) is 6.19. The summed E-state index contributed by atoms with van der Waals surface area (Å²) in [6, 6.07) is 3.73. The van der Waals surface area contributed by atoms with Gasteiger partial charge in [-0.3, -0.25) is 10.1 Å². The Morgan fingerprint density at radius 3 is 2.44 bits per heavy atom. The van der Waals surface area contributed by atoms with Crippen molar-refractivity contribution in [2.45, 2.75) is 4.90 Å². The van der Waals surface area contributed by atoms with Crippen molar-refractivity contribution in [1.82, 2.24) is 0 Å². The topological polar surface area (TPSA) is 101 Å². The molecular formula is C7H2ClIN2O4S. The number of nitro benzene ring substituents is 1. The molecule has 84 valence electrons. The largest absolute Gasteiger partial charge is 0.301 e. The summed E-state index contributed by atoms with van der Waals surface area (Å²) in [4.78, 5) is 9.50. The molecule has 0 spiro atoms. The van der Waals surface area contributed by atoms with Crippen LogP contribution in [0.5, 0.6) is 0 Å². The van der Waals surface area contributed by atoms with Crippen LogP contribution in [0.2, 0.25) is 0 Å². The van der Waals surface area contributed by atoms with E-state index in [0.29, 0.717) is 0 Å². The molecule has 0 aliphatic heterocycles. The maximum absolute atomic E-state index is 11.1. The second-order valence-electron chi connectivity index (χ2n) is 2.58. The van der Waals surface area contributed by atoms with Gasteiger partial charge >= 0.3 is 5.69 Å². The van der Waals surface area contributed by atoms with Gasteiger partial charge in [-0.1, -0.05) is 0 Å². The Morgan fingerprint density at radius 2 is 2.06 bits per heavy atom.